The normalized spacial score (nSPS) is 18.8. The van der Waals surface area contributed by atoms with Crippen molar-refractivity contribution in [3.05, 3.63) is 65.7 Å². The van der Waals surface area contributed by atoms with Crippen molar-refractivity contribution in [2.24, 2.45) is 11.1 Å². The van der Waals surface area contributed by atoms with Crippen LogP contribution in [0.15, 0.2) is 57.8 Å². The van der Waals surface area contributed by atoms with Crippen LogP contribution in [0.5, 0.6) is 0 Å². The van der Waals surface area contributed by atoms with E-state index in [1.54, 1.807) is 12.1 Å². The van der Waals surface area contributed by atoms with E-state index < -0.39 is 0 Å². The zero-order valence-electron chi connectivity index (χ0n) is 16.2. The highest BCUT2D eigenvalue weighted by Gasteiger charge is 2.37. The smallest absolute Gasteiger partial charge is 0.289 e. The van der Waals surface area contributed by atoms with Gasteiger partial charge in [0.2, 0.25) is 0 Å². The van der Waals surface area contributed by atoms with E-state index in [9.17, 15) is 9.18 Å². The minimum absolute atomic E-state index is 0. The van der Waals surface area contributed by atoms with Crippen molar-refractivity contribution in [2.75, 3.05) is 19.6 Å². The molecule has 0 spiro atoms. The van der Waals surface area contributed by atoms with Crippen LogP contribution < -0.4 is 5.73 Å². The summed E-state index contributed by atoms with van der Waals surface area (Å²) in [6.07, 6.45) is 0.884. The number of likely N-dealkylation sites (tertiary alicyclic amines) is 1. The number of benzene rings is 2. The molecule has 1 amide bonds. The summed E-state index contributed by atoms with van der Waals surface area (Å²) in [6, 6.07) is 14.3. The van der Waals surface area contributed by atoms with E-state index in [1.807, 2.05) is 35.2 Å². The molecule has 1 fully saturated rings. The van der Waals surface area contributed by atoms with Crippen molar-refractivity contribution in [3.63, 3.8) is 0 Å². The highest BCUT2D eigenvalue weighted by molar-refractivity contribution is 7.98. The van der Waals surface area contributed by atoms with Crippen molar-refractivity contribution < 1.29 is 13.6 Å². The van der Waals surface area contributed by atoms with Crippen LogP contribution in [0.25, 0.3) is 11.0 Å². The Balaban J connectivity index is 0.00000240. The van der Waals surface area contributed by atoms with Crippen molar-refractivity contribution in [3.8, 4) is 0 Å². The molecule has 29 heavy (non-hydrogen) atoms. The Bertz CT molecular complexity index is 1020. The molecule has 4 rings (SSSR count). The molecule has 1 aromatic heterocycles. The zero-order chi connectivity index (χ0) is 19.7. The third-order valence-corrected chi connectivity index (χ3v) is 6.51. The lowest BCUT2D eigenvalue weighted by Crippen LogP contribution is -2.34. The van der Waals surface area contributed by atoms with Crippen LogP contribution in [0.4, 0.5) is 4.39 Å². The van der Waals surface area contributed by atoms with E-state index in [0.717, 1.165) is 17.4 Å². The summed E-state index contributed by atoms with van der Waals surface area (Å²) < 4.78 is 20.0. The van der Waals surface area contributed by atoms with Gasteiger partial charge in [0.25, 0.3) is 5.91 Å². The molecule has 0 saturated carbocycles. The van der Waals surface area contributed by atoms with Crippen molar-refractivity contribution >= 4 is 41.0 Å². The maximum atomic E-state index is 14.0. The Morgan fingerprint density at radius 2 is 1.97 bits per heavy atom. The summed E-state index contributed by atoms with van der Waals surface area (Å²) in [6.45, 7) is 3.95. The van der Waals surface area contributed by atoms with Gasteiger partial charge in [-0.15, -0.1) is 24.2 Å². The Morgan fingerprint density at radius 3 is 2.69 bits per heavy atom. The van der Waals surface area contributed by atoms with Crippen LogP contribution in [-0.2, 0) is 5.75 Å². The molecule has 154 valence electrons. The van der Waals surface area contributed by atoms with Gasteiger partial charge in [0.05, 0.1) is 0 Å². The predicted octanol–water partition coefficient (Wildman–Crippen LogP) is 5.10. The van der Waals surface area contributed by atoms with Gasteiger partial charge in [-0.25, -0.2) is 4.39 Å². The number of rotatable bonds is 5. The summed E-state index contributed by atoms with van der Waals surface area (Å²) in [7, 11) is 0. The number of hydrogen-bond acceptors (Lipinski definition) is 4. The van der Waals surface area contributed by atoms with Crippen molar-refractivity contribution in [1.29, 1.82) is 0 Å². The lowest BCUT2D eigenvalue weighted by Gasteiger charge is -2.22. The maximum absolute atomic E-state index is 14.0. The molecule has 1 aliphatic rings. The molecule has 4 nitrogen and oxygen atoms in total. The number of furan rings is 1. The van der Waals surface area contributed by atoms with E-state index in [2.05, 4.69) is 6.92 Å². The zero-order valence-corrected chi connectivity index (χ0v) is 17.8. The number of hydrogen-bond donors (Lipinski definition) is 1. The van der Waals surface area contributed by atoms with Crippen LogP contribution in [0.2, 0.25) is 0 Å². The number of fused-ring (bicyclic) bond motifs is 1. The summed E-state index contributed by atoms with van der Waals surface area (Å²) in [5.74, 6) is 0.441. The first-order valence-corrected chi connectivity index (χ1v) is 10.4. The first-order valence-electron chi connectivity index (χ1n) is 9.38. The molecule has 1 saturated heterocycles. The maximum Gasteiger partial charge on any atom is 0.289 e. The summed E-state index contributed by atoms with van der Waals surface area (Å²) in [4.78, 5) is 15.6. The first kappa shape index (κ1) is 21.7. The van der Waals surface area contributed by atoms with Crippen LogP contribution in [0, 0.1) is 11.2 Å². The Morgan fingerprint density at radius 1 is 1.24 bits per heavy atom. The van der Waals surface area contributed by atoms with Crippen molar-refractivity contribution in [1.82, 2.24) is 4.90 Å². The summed E-state index contributed by atoms with van der Waals surface area (Å²) >= 11 is 1.37. The molecular weight excluding hydrogens is 411 g/mol. The Hall–Kier alpha value is -2.02. The van der Waals surface area contributed by atoms with Gasteiger partial charge in [-0.05, 0) is 36.6 Å². The van der Waals surface area contributed by atoms with Gasteiger partial charge in [-0.2, -0.15) is 0 Å². The van der Waals surface area contributed by atoms with E-state index >= 15 is 0 Å². The van der Waals surface area contributed by atoms with Crippen LogP contribution in [0.1, 0.15) is 29.5 Å². The summed E-state index contributed by atoms with van der Waals surface area (Å²) in [5.41, 5.74) is 7.33. The first-order chi connectivity index (χ1) is 13.5. The van der Waals surface area contributed by atoms with Crippen molar-refractivity contribution in [2.45, 2.75) is 24.0 Å². The second kappa shape index (κ2) is 8.78. The molecule has 0 aliphatic carbocycles. The van der Waals surface area contributed by atoms with Gasteiger partial charge in [0.1, 0.15) is 11.4 Å². The Kier molecular flexibility index (Phi) is 6.56. The minimum Gasteiger partial charge on any atom is -0.451 e. The van der Waals surface area contributed by atoms with E-state index in [1.165, 1.54) is 17.8 Å². The second-order valence-electron chi connectivity index (χ2n) is 7.62. The molecule has 2 aromatic carbocycles. The molecule has 0 radical (unpaired) electrons. The lowest BCUT2D eigenvalue weighted by molar-refractivity contribution is 0.0746. The van der Waals surface area contributed by atoms with E-state index in [-0.39, 0.29) is 29.5 Å². The average molecular weight is 435 g/mol. The van der Waals surface area contributed by atoms with Gasteiger partial charge in [-0.1, -0.05) is 37.3 Å². The third-order valence-electron chi connectivity index (χ3n) is 5.44. The molecule has 1 aliphatic heterocycles. The lowest BCUT2D eigenvalue weighted by atomic mass is 9.90. The molecule has 1 unspecified atom stereocenters. The number of nitrogens with two attached hydrogens (primary N) is 1. The van der Waals surface area contributed by atoms with Gasteiger partial charge in [0.15, 0.2) is 5.76 Å². The van der Waals surface area contributed by atoms with Gasteiger partial charge in [0, 0.05) is 34.7 Å². The molecule has 1 atom stereocenters. The largest absolute Gasteiger partial charge is 0.451 e. The predicted molar refractivity (Wildman–Crippen MR) is 117 cm³/mol. The number of carbonyl (C=O) groups excluding carboxylic acids is 1. The fraction of sp³-hybridized carbons (Fsp3) is 0.318. The Labute approximate surface area is 180 Å². The number of thioether (sulfide) groups is 1. The fourth-order valence-corrected chi connectivity index (χ4v) is 4.60. The van der Waals surface area contributed by atoms with Gasteiger partial charge < -0.3 is 15.1 Å². The molecule has 2 heterocycles. The number of carbonyl (C=O) groups is 1. The molecule has 2 N–H and O–H groups in total. The highest BCUT2D eigenvalue weighted by atomic mass is 35.5. The van der Waals surface area contributed by atoms with Crippen LogP contribution in [0.3, 0.4) is 0 Å². The quantitative estimate of drug-likeness (QED) is 0.568. The fourth-order valence-electron chi connectivity index (χ4n) is 3.63. The van der Waals surface area contributed by atoms with Crippen LogP contribution in [-0.4, -0.2) is 30.4 Å². The van der Waals surface area contributed by atoms with Crippen LogP contribution >= 0.6 is 24.2 Å². The number of halogens is 2. The topological polar surface area (TPSA) is 59.5 Å². The second-order valence-corrected chi connectivity index (χ2v) is 8.63. The SMILES string of the molecule is CC1(CN)CCN(C(=O)c2oc3ccccc3c2CSc2ccccc2F)C1.Cl. The van der Waals surface area contributed by atoms with E-state index in [0.29, 0.717) is 41.6 Å². The third kappa shape index (κ3) is 4.29. The van der Waals surface area contributed by atoms with Gasteiger partial charge >= 0.3 is 0 Å². The molecule has 7 heteroatoms. The monoisotopic (exact) mass is 434 g/mol. The summed E-state index contributed by atoms with van der Waals surface area (Å²) in [5, 5.41) is 0.899. The molecule has 0 bridgehead atoms. The number of nitrogens with zero attached hydrogens (tertiary/aromatic N) is 1. The van der Waals surface area contributed by atoms with Gasteiger partial charge in [-0.3, -0.25) is 4.79 Å². The molecular formula is C22H24ClFN2O2S. The number of amides is 1. The number of para-hydroxylation sites is 1. The standard InChI is InChI=1S/C22H23FN2O2S.ClH/c1-22(13-24)10-11-25(14-22)21(26)20-16(15-6-2-4-8-18(15)27-20)12-28-19-9-5-3-7-17(19)23;/h2-9H,10-14,24H2,1H3;1H. The molecule has 3 aromatic rings. The van der Waals surface area contributed by atoms with E-state index in [4.69, 9.17) is 10.2 Å². The highest BCUT2D eigenvalue weighted by Crippen LogP contribution is 2.35. The minimum atomic E-state index is -0.258. The average Bonchev–Trinajstić information content (AvgIpc) is 3.28.